The van der Waals surface area contributed by atoms with Gasteiger partial charge in [-0.1, -0.05) is 133 Å². The van der Waals surface area contributed by atoms with Gasteiger partial charge in [0.15, 0.2) is 0 Å². The van der Waals surface area contributed by atoms with E-state index in [0.29, 0.717) is 0 Å². The van der Waals surface area contributed by atoms with Crippen LogP contribution in [0.5, 0.6) is 0 Å². The van der Waals surface area contributed by atoms with Crippen molar-refractivity contribution < 1.29 is 0 Å². The van der Waals surface area contributed by atoms with E-state index >= 15 is 0 Å². The van der Waals surface area contributed by atoms with E-state index in [9.17, 15) is 0 Å². The minimum atomic E-state index is 1.15. The Morgan fingerprint density at radius 1 is 0.318 bits per heavy atom. The van der Waals surface area contributed by atoms with Crippen LogP contribution in [0, 0.1) is 0 Å². The van der Waals surface area contributed by atoms with Crippen molar-refractivity contribution in [1.29, 1.82) is 0 Å². The maximum Gasteiger partial charge on any atom is 0.0789 e. The fourth-order valence-electron chi connectivity index (χ4n) is 7.03. The molecule has 9 rings (SSSR count). The Hall–Kier alpha value is -5.86. The van der Waals surface area contributed by atoms with E-state index in [2.05, 4.69) is 179 Å². The van der Waals surface area contributed by atoms with Crippen molar-refractivity contribution in [3.63, 3.8) is 0 Å². The molecule has 0 aliphatic carbocycles. The maximum absolute atomic E-state index is 2.49. The molecule has 9 aromatic rings. The van der Waals surface area contributed by atoms with Gasteiger partial charge in [-0.15, -0.1) is 0 Å². The van der Waals surface area contributed by atoms with E-state index in [4.69, 9.17) is 0 Å². The zero-order valence-electron chi connectivity index (χ0n) is 24.1. The zero-order valence-corrected chi connectivity index (χ0v) is 24.1. The first-order valence-electron chi connectivity index (χ1n) is 15.1. The van der Waals surface area contributed by atoms with Crippen LogP contribution in [0.1, 0.15) is 0 Å². The van der Waals surface area contributed by atoms with Crippen molar-refractivity contribution in [2.24, 2.45) is 0 Å². The average molecular weight is 561 g/mol. The summed E-state index contributed by atoms with van der Waals surface area (Å²) in [5.74, 6) is 0. The third kappa shape index (κ3) is 3.68. The molecule has 0 fully saturated rings. The van der Waals surface area contributed by atoms with Crippen molar-refractivity contribution >= 4 is 43.6 Å². The van der Waals surface area contributed by atoms with Gasteiger partial charge in [0.25, 0.3) is 0 Å². The number of hydrogen-bond donors (Lipinski definition) is 0. The number of benzene rings is 7. The monoisotopic (exact) mass is 560 g/mol. The topological polar surface area (TPSA) is 9.86 Å². The first-order chi connectivity index (χ1) is 21.9. The van der Waals surface area contributed by atoms with Crippen molar-refractivity contribution in [2.75, 3.05) is 0 Å². The summed E-state index contributed by atoms with van der Waals surface area (Å²) in [5.41, 5.74) is 12.0. The van der Waals surface area contributed by atoms with Crippen LogP contribution in [0.25, 0.3) is 77.2 Å². The van der Waals surface area contributed by atoms with Gasteiger partial charge in [-0.25, -0.2) is 0 Å². The van der Waals surface area contributed by atoms with E-state index < -0.39 is 0 Å². The highest BCUT2D eigenvalue weighted by atomic mass is 15.0. The van der Waals surface area contributed by atoms with E-state index in [0.717, 1.165) is 11.4 Å². The molecule has 0 saturated carbocycles. The molecule has 2 heterocycles. The Morgan fingerprint density at radius 3 is 1.66 bits per heavy atom. The summed E-state index contributed by atoms with van der Waals surface area (Å²) in [6.07, 6.45) is 0. The molecule has 0 atom stereocenters. The molecular weight excluding hydrogens is 532 g/mol. The molecule has 7 aromatic carbocycles. The van der Waals surface area contributed by atoms with Gasteiger partial charge in [0.1, 0.15) is 0 Å². The lowest BCUT2D eigenvalue weighted by atomic mass is 9.99. The van der Waals surface area contributed by atoms with Gasteiger partial charge in [-0.2, -0.15) is 0 Å². The van der Waals surface area contributed by atoms with Crippen molar-refractivity contribution in [2.45, 2.75) is 0 Å². The second-order valence-electron chi connectivity index (χ2n) is 11.4. The summed E-state index contributed by atoms with van der Waals surface area (Å²) in [7, 11) is 0. The summed E-state index contributed by atoms with van der Waals surface area (Å²) < 4.78 is 4.94. The van der Waals surface area contributed by atoms with Gasteiger partial charge in [0.05, 0.1) is 22.1 Å². The molecule has 2 heteroatoms. The van der Waals surface area contributed by atoms with Crippen LogP contribution in [0.3, 0.4) is 0 Å². The lowest BCUT2D eigenvalue weighted by Gasteiger charge is -2.13. The molecule has 0 amide bonds. The van der Waals surface area contributed by atoms with Crippen molar-refractivity contribution in [3.8, 4) is 33.6 Å². The van der Waals surface area contributed by atoms with Gasteiger partial charge in [0.2, 0.25) is 0 Å². The molecule has 0 saturated heterocycles. The number of hydrogen-bond acceptors (Lipinski definition) is 0. The Bertz CT molecular complexity index is 2470. The first kappa shape index (κ1) is 24.7. The van der Waals surface area contributed by atoms with Gasteiger partial charge >= 0.3 is 0 Å². The van der Waals surface area contributed by atoms with Gasteiger partial charge < -0.3 is 9.13 Å². The molecule has 0 spiro atoms. The van der Waals surface area contributed by atoms with Crippen LogP contribution in [0.15, 0.2) is 170 Å². The summed E-state index contributed by atoms with van der Waals surface area (Å²) in [5, 5.41) is 5.02. The Labute approximate surface area is 255 Å². The Balaban J connectivity index is 1.50. The van der Waals surface area contributed by atoms with Crippen LogP contribution in [0.4, 0.5) is 0 Å². The van der Waals surface area contributed by atoms with Gasteiger partial charge in [0, 0.05) is 32.9 Å². The molecule has 44 heavy (non-hydrogen) atoms. The third-order valence-corrected chi connectivity index (χ3v) is 8.90. The van der Waals surface area contributed by atoms with Crippen molar-refractivity contribution in [3.05, 3.63) is 170 Å². The highest BCUT2D eigenvalue weighted by Gasteiger charge is 2.22. The van der Waals surface area contributed by atoms with E-state index in [-0.39, 0.29) is 0 Å². The van der Waals surface area contributed by atoms with Gasteiger partial charge in [-0.3, -0.25) is 0 Å². The lowest BCUT2D eigenvalue weighted by Crippen LogP contribution is -1.98. The van der Waals surface area contributed by atoms with Crippen LogP contribution >= 0.6 is 0 Å². The first-order valence-corrected chi connectivity index (χ1v) is 15.1. The predicted molar refractivity (Wildman–Crippen MR) is 186 cm³/mol. The fraction of sp³-hybridized carbons (Fsp3) is 0. The lowest BCUT2D eigenvalue weighted by molar-refractivity contribution is 1.15. The number of para-hydroxylation sites is 2. The standard InChI is InChI=1S/C42H28N2/c1-4-14-29(15-5-1)31-18-12-21-33(28-31)44-39-25-13-23-34(30-16-6-2-7-17-30)40(39)37-27-26-36-35-22-10-11-24-38(35)43(41(36)42(37)44)32-19-8-3-9-20-32/h1-28H. The minimum Gasteiger partial charge on any atom is -0.307 e. The van der Waals surface area contributed by atoms with E-state index in [1.807, 2.05) is 0 Å². The zero-order chi connectivity index (χ0) is 29.0. The molecule has 0 unspecified atom stereocenters. The van der Waals surface area contributed by atoms with Crippen molar-refractivity contribution in [1.82, 2.24) is 9.13 Å². The smallest absolute Gasteiger partial charge is 0.0789 e. The maximum atomic E-state index is 2.49. The second-order valence-corrected chi connectivity index (χ2v) is 11.4. The fourth-order valence-corrected chi connectivity index (χ4v) is 7.03. The molecule has 2 aromatic heterocycles. The molecule has 206 valence electrons. The van der Waals surface area contributed by atoms with Gasteiger partial charge in [-0.05, 0) is 58.7 Å². The number of rotatable bonds is 4. The normalized spacial score (nSPS) is 11.6. The average Bonchev–Trinajstić information content (AvgIpc) is 3.63. The summed E-state index contributed by atoms with van der Waals surface area (Å²) >= 11 is 0. The quantitative estimate of drug-likeness (QED) is 0.203. The highest BCUT2D eigenvalue weighted by molar-refractivity contribution is 6.26. The van der Waals surface area contributed by atoms with Crippen LogP contribution in [-0.4, -0.2) is 9.13 Å². The Morgan fingerprint density at radius 2 is 0.864 bits per heavy atom. The largest absolute Gasteiger partial charge is 0.307 e. The van der Waals surface area contributed by atoms with Crippen LogP contribution in [-0.2, 0) is 0 Å². The molecule has 0 N–H and O–H groups in total. The Kier molecular flexibility index (Phi) is 5.54. The minimum absolute atomic E-state index is 1.15. The number of aromatic nitrogens is 2. The van der Waals surface area contributed by atoms with Crippen LogP contribution in [0.2, 0.25) is 0 Å². The number of nitrogens with zero attached hydrogens (tertiary/aromatic N) is 2. The molecule has 0 radical (unpaired) electrons. The van der Waals surface area contributed by atoms with E-state index in [1.54, 1.807) is 0 Å². The molecule has 0 bridgehead atoms. The summed E-state index contributed by atoms with van der Waals surface area (Å²) in [4.78, 5) is 0. The second kappa shape index (κ2) is 9.86. The molecule has 0 aliphatic rings. The number of fused-ring (bicyclic) bond motifs is 7. The highest BCUT2D eigenvalue weighted by Crippen LogP contribution is 2.44. The van der Waals surface area contributed by atoms with Crippen LogP contribution < -0.4 is 0 Å². The summed E-state index contributed by atoms with van der Waals surface area (Å²) in [6, 6.07) is 61.3. The summed E-state index contributed by atoms with van der Waals surface area (Å²) in [6.45, 7) is 0. The third-order valence-electron chi connectivity index (χ3n) is 8.90. The SMILES string of the molecule is c1ccc(-c2cccc(-n3c4cccc(-c5ccccc5)c4c4ccc5c6ccccc6n(-c6ccccc6)c5c43)c2)cc1. The van der Waals surface area contributed by atoms with E-state index in [1.165, 1.54) is 65.9 Å². The molecule has 2 nitrogen and oxygen atoms in total. The molecular formula is C42H28N2. The predicted octanol–water partition coefficient (Wildman–Crippen LogP) is 11.2. The molecule has 0 aliphatic heterocycles.